The maximum absolute atomic E-state index is 11.9. The van der Waals surface area contributed by atoms with Crippen LogP contribution in [-0.4, -0.2) is 27.3 Å². The van der Waals surface area contributed by atoms with Crippen molar-refractivity contribution in [2.75, 3.05) is 12.0 Å². The van der Waals surface area contributed by atoms with E-state index in [0.29, 0.717) is 5.75 Å². The van der Waals surface area contributed by atoms with Crippen molar-refractivity contribution >= 4 is 41.0 Å². The van der Waals surface area contributed by atoms with Gasteiger partial charge in [-0.25, -0.2) is 4.98 Å². The van der Waals surface area contributed by atoms with Crippen LogP contribution in [0.2, 0.25) is 0 Å². The number of carbonyl (C=O) groups is 1. The normalized spacial score (nSPS) is 12.1. The standard InChI is InChI=1S/C13H15N3OS3/c1-9(10-6-4-3-5-7-10)14-11(17)8-19-13-15-12(18-2)16-20-13/h3-7,9H,8H2,1-2H3,(H,14,17). The highest BCUT2D eigenvalue weighted by atomic mass is 32.2. The molecular weight excluding hydrogens is 310 g/mol. The zero-order chi connectivity index (χ0) is 14.4. The number of nitrogens with one attached hydrogen (secondary N) is 1. The van der Waals surface area contributed by atoms with Crippen LogP contribution in [0.1, 0.15) is 18.5 Å². The van der Waals surface area contributed by atoms with Crippen molar-refractivity contribution in [3.05, 3.63) is 35.9 Å². The molecule has 7 heteroatoms. The molecule has 1 heterocycles. The fraction of sp³-hybridized carbons (Fsp3) is 0.308. The minimum atomic E-state index is 0.00672. The van der Waals surface area contributed by atoms with Gasteiger partial charge in [0.15, 0.2) is 4.34 Å². The molecule has 0 aliphatic rings. The van der Waals surface area contributed by atoms with Gasteiger partial charge in [0, 0.05) is 0 Å². The van der Waals surface area contributed by atoms with Crippen LogP contribution < -0.4 is 5.32 Å². The third-order valence-corrected chi connectivity index (χ3v) is 5.07. The Bertz CT molecular complexity index is 559. The summed E-state index contributed by atoms with van der Waals surface area (Å²) in [7, 11) is 0. The Morgan fingerprint density at radius 1 is 1.40 bits per heavy atom. The van der Waals surface area contributed by atoms with E-state index in [1.165, 1.54) is 35.1 Å². The van der Waals surface area contributed by atoms with E-state index in [9.17, 15) is 4.79 Å². The molecule has 0 fully saturated rings. The first kappa shape index (κ1) is 15.3. The number of rotatable bonds is 6. The van der Waals surface area contributed by atoms with Crippen LogP contribution in [-0.2, 0) is 4.79 Å². The number of hydrogen-bond donors (Lipinski definition) is 1. The third kappa shape index (κ3) is 4.50. The van der Waals surface area contributed by atoms with Gasteiger partial charge in [-0.15, -0.1) is 0 Å². The summed E-state index contributed by atoms with van der Waals surface area (Å²) in [6.45, 7) is 1.98. The van der Waals surface area contributed by atoms with Crippen molar-refractivity contribution < 1.29 is 4.79 Å². The quantitative estimate of drug-likeness (QED) is 0.826. The molecule has 2 aromatic rings. The van der Waals surface area contributed by atoms with Crippen LogP contribution in [0.15, 0.2) is 39.8 Å². The molecule has 2 rings (SSSR count). The maximum Gasteiger partial charge on any atom is 0.230 e. The van der Waals surface area contributed by atoms with Crippen molar-refractivity contribution in [1.82, 2.24) is 14.7 Å². The molecule has 1 amide bonds. The van der Waals surface area contributed by atoms with Crippen LogP contribution >= 0.6 is 35.1 Å². The fourth-order valence-electron chi connectivity index (χ4n) is 1.57. The zero-order valence-corrected chi connectivity index (χ0v) is 13.6. The summed E-state index contributed by atoms with van der Waals surface area (Å²) in [5.41, 5.74) is 1.10. The Hall–Kier alpha value is -1.05. The molecule has 0 radical (unpaired) electrons. The summed E-state index contributed by atoms with van der Waals surface area (Å²) in [6, 6.07) is 9.93. The fourth-order valence-corrected chi connectivity index (χ4v) is 3.59. The minimum absolute atomic E-state index is 0.00672. The van der Waals surface area contributed by atoms with Crippen molar-refractivity contribution in [2.24, 2.45) is 0 Å². The lowest BCUT2D eigenvalue weighted by Gasteiger charge is -2.13. The van der Waals surface area contributed by atoms with Crippen molar-refractivity contribution in [3.63, 3.8) is 0 Å². The van der Waals surface area contributed by atoms with Crippen LogP contribution in [0, 0.1) is 0 Å². The van der Waals surface area contributed by atoms with E-state index in [0.717, 1.165) is 15.1 Å². The largest absolute Gasteiger partial charge is 0.349 e. The van der Waals surface area contributed by atoms with Crippen molar-refractivity contribution in [3.8, 4) is 0 Å². The van der Waals surface area contributed by atoms with Crippen LogP contribution in [0.25, 0.3) is 0 Å². The molecule has 0 aliphatic heterocycles. The number of amides is 1. The number of aromatic nitrogens is 2. The van der Waals surface area contributed by atoms with Crippen molar-refractivity contribution in [1.29, 1.82) is 0 Å². The summed E-state index contributed by atoms with van der Waals surface area (Å²) in [5.74, 6) is 0.368. The number of thioether (sulfide) groups is 2. The lowest BCUT2D eigenvalue weighted by Crippen LogP contribution is -2.28. The predicted molar refractivity (Wildman–Crippen MR) is 85.4 cm³/mol. The smallest absolute Gasteiger partial charge is 0.230 e. The number of nitrogens with zero attached hydrogens (tertiary/aromatic N) is 2. The topological polar surface area (TPSA) is 54.9 Å². The van der Waals surface area contributed by atoms with Crippen LogP contribution in [0.5, 0.6) is 0 Å². The molecule has 1 aromatic carbocycles. The van der Waals surface area contributed by atoms with Gasteiger partial charge in [0.2, 0.25) is 11.1 Å². The zero-order valence-electron chi connectivity index (χ0n) is 11.2. The lowest BCUT2D eigenvalue weighted by atomic mass is 10.1. The Balaban J connectivity index is 1.80. The summed E-state index contributed by atoms with van der Waals surface area (Å²) in [6.07, 6.45) is 1.94. The first-order valence-corrected chi connectivity index (χ1v) is 9.02. The predicted octanol–water partition coefficient (Wildman–Crippen LogP) is 3.23. The molecule has 1 aromatic heterocycles. The number of benzene rings is 1. The molecule has 1 N–H and O–H groups in total. The first-order valence-electron chi connectivity index (χ1n) is 6.04. The van der Waals surface area contributed by atoms with Crippen molar-refractivity contribution in [2.45, 2.75) is 22.5 Å². The second-order valence-corrected chi connectivity index (χ2v) is 6.78. The van der Waals surface area contributed by atoms with Gasteiger partial charge in [-0.2, -0.15) is 4.37 Å². The minimum Gasteiger partial charge on any atom is -0.349 e. The summed E-state index contributed by atoms with van der Waals surface area (Å²) in [4.78, 5) is 16.2. The second-order valence-electron chi connectivity index (χ2n) is 4.04. The summed E-state index contributed by atoms with van der Waals surface area (Å²) >= 11 is 4.26. The molecule has 1 unspecified atom stereocenters. The Kier molecular flexibility index (Phi) is 5.87. The molecule has 0 saturated heterocycles. The van der Waals surface area contributed by atoms with Gasteiger partial charge in [-0.1, -0.05) is 53.9 Å². The molecule has 0 spiro atoms. The number of carbonyl (C=O) groups excluding carboxylic acids is 1. The highest BCUT2D eigenvalue weighted by Gasteiger charge is 2.11. The molecule has 1 atom stereocenters. The average Bonchev–Trinajstić information content (AvgIpc) is 2.94. The van der Waals surface area contributed by atoms with Crippen LogP contribution in [0.3, 0.4) is 0 Å². The van der Waals surface area contributed by atoms with E-state index in [1.807, 2.05) is 43.5 Å². The molecule has 20 heavy (non-hydrogen) atoms. The van der Waals surface area contributed by atoms with E-state index in [4.69, 9.17) is 0 Å². The van der Waals surface area contributed by atoms with Gasteiger partial charge in [0.05, 0.1) is 11.8 Å². The molecule has 0 bridgehead atoms. The first-order chi connectivity index (χ1) is 9.69. The number of hydrogen-bond acceptors (Lipinski definition) is 6. The van der Waals surface area contributed by atoms with E-state index in [1.54, 1.807) is 0 Å². The van der Waals surface area contributed by atoms with E-state index in [2.05, 4.69) is 14.7 Å². The summed E-state index contributed by atoms with van der Waals surface area (Å²) in [5, 5.41) is 3.74. The van der Waals surface area contributed by atoms with E-state index >= 15 is 0 Å². The van der Waals surface area contributed by atoms with Gasteiger partial charge >= 0.3 is 0 Å². The highest BCUT2D eigenvalue weighted by molar-refractivity contribution is 8.01. The van der Waals surface area contributed by atoms with E-state index < -0.39 is 0 Å². The third-order valence-electron chi connectivity index (χ3n) is 2.58. The Labute approximate surface area is 130 Å². The van der Waals surface area contributed by atoms with Gasteiger partial charge in [-0.3, -0.25) is 4.79 Å². The Morgan fingerprint density at radius 2 is 2.15 bits per heavy atom. The van der Waals surface area contributed by atoms with Crippen LogP contribution in [0.4, 0.5) is 0 Å². The van der Waals surface area contributed by atoms with Gasteiger partial charge in [-0.05, 0) is 30.3 Å². The molecule has 0 aliphatic carbocycles. The SMILES string of the molecule is CSc1nsc(SCC(=O)NC(C)c2ccccc2)n1. The molecule has 4 nitrogen and oxygen atoms in total. The molecular formula is C13H15N3OS3. The van der Waals surface area contributed by atoms with Gasteiger partial charge < -0.3 is 5.32 Å². The van der Waals surface area contributed by atoms with Gasteiger partial charge in [0.1, 0.15) is 0 Å². The molecule has 106 valence electrons. The average molecular weight is 325 g/mol. The monoisotopic (exact) mass is 325 g/mol. The summed E-state index contributed by atoms with van der Waals surface area (Å²) < 4.78 is 4.99. The van der Waals surface area contributed by atoms with Gasteiger partial charge in [0.25, 0.3) is 0 Å². The molecule has 0 saturated carbocycles. The second kappa shape index (κ2) is 7.66. The lowest BCUT2D eigenvalue weighted by molar-refractivity contribution is -0.119. The van der Waals surface area contributed by atoms with E-state index in [-0.39, 0.29) is 11.9 Å². The highest BCUT2D eigenvalue weighted by Crippen LogP contribution is 2.23. The maximum atomic E-state index is 11.9. The Morgan fingerprint density at radius 3 is 2.80 bits per heavy atom.